The highest BCUT2D eigenvalue weighted by atomic mass is 32.2. The van der Waals surface area contributed by atoms with Crippen molar-refractivity contribution in [2.24, 2.45) is 0 Å². The third-order valence-electron chi connectivity index (χ3n) is 1.01. The van der Waals surface area contributed by atoms with Gasteiger partial charge in [-0.2, -0.15) is 8.42 Å². The van der Waals surface area contributed by atoms with E-state index in [1.807, 2.05) is 0 Å². The lowest BCUT2D eigenvalue weighted by atomic mass is 10.5. The van der Waals surface area contributed by atoms with Gasteiger partial charge in [0.25, 0.3) is 10.1 Å². The molecule has 0 aromatic carbocycles. The van der Waals surface area contributed by atoms with Crippen molar-refractivity contribution in [3.63, 3.8) is 0 Å². The molecule has 0 atom stereocenters. The fraction of sp³-hybridized carbons (Fsp3) is 0.571. The SMILES string of the molecule is C=CC(=O)CS(=O)(=O)OCCC. The van der Waals surface area contributed by atoms with Crippen molar-refractivity contribution in [1.82, 2.24) is 0 Å². The summed E-state index contributed by atoms with van der Waals surface area (Å²) in [5, 5.41) is 0. The van der Waals surface area contributed by atoms with E-state index in [0.717, 1.165) is 6.08 Å². The molecule has 0 saturated heterocycles. The molecular formula is C7H12O4S. The zero-order valence-electron chi connectivity index (χ0n) is 6.95. The largest absolute Gasteiger partial charge is 0.294 e. The predicted octanol–water partition coefficient (Wildman–Crippen LogP) is 0.498. The smallest absolute Gasteiger partial charge is 0.274 e. The van der Waals surface area contributed by atoms with Gasteiger partial charge in [0.15, 0.2) is 5.78 Å². The van der Waals surface area contributed by atoms with Gasteiger partial charge in [-0.1, -0.05) is 13.5 Å². The Morgan fingerprint density at radius 2 is 2.17 bits per heavy atom. The lowest BCUT2D eigenvalue weighted by Gasteiger charge is -2.00. The maximum Gasteiger partial charge on any atom is 0.274 e. The molecule has 0 saturated carbocycles. The molecule has 0 spiro atoms. The number of allylic oxidation sites excluding steroid dienone is 1. The second-order valence-electron chi connectivity index (χ2n) is 2.19. The lowest BCUT2D eigenvalue weighted by Crippen LogP contribution is -2.17. The fourth-order valence-electron chi connectivity index (χ4n) is 0.485. The number of rotatable bonds is 6. The fourth-order valence-corrected chi connectivity index (χ4v) is 1.46. The minimum atomic E-state index is -3.68. The zero-order valence-corrected chi connectivity index (χ0v) is 7.76. The molecule has 0 rings (SSSR count). The minimum Gasteiger partial charge on any atom is -0.294 e. The lowest BCUT2D eigenvalue weighted by molar-refractivity contribution is -0.112. The van der Waals surface area contributed by atoms with E-state index in [9.17, 15) is 13.2 Å². The molecule has 12 heavy (non-hydrogen) atoms. The topological polar surface area (TPSA) is 60.4 Å². The molecule has 0 bridgehead atoms. The summed E-state index contributed by atoms with van der Waals surface area (Å²) < 4.78 is 26.2. The quantitative estimate of drug-likeness (QED) is 0.454. The van der Waals surface area contributed by atoms with E-state index in [-0.39, 0.29) is 6.61 Å². The van der Waals surface area contributed by atoms with E-state index >= 15 is 0 Å². The highest BCUT2D eigenvalue weighted by molar-refractivity contribution is 7.87. The van der Waals surface area contributed by atoms with Gasteiger partial charge in [-0.3, -0.25) is 8.98 Å². The standard InChI is InChI=1S/C7H12O4S/c1-3-5-11-12(9,10)6-7(8)4-2/h4H,2-3,5-6H2,1H3. The van der Waals surface area contributed by atoms with Crippen molar-refractivity contribution >= 4 is 15.9 Å². The van der Waals surface area contributed by atoms with E-state index in [0.29, 0.717) is 6.42 Å². The monoisotopic (exact) mass is 192 g/mol. The van der Waals surface area contributed by atoms with Crippen LogP contribution < -0.4 is 0 Å². The molecule has 0 aromatic heterocycles. The first-order valence-corrected chi connectivity index (χ1v) is 5.12. The zero-order chi connectivity index (χ0) is 9.61. The summed E-state index contributed by atoms with van der Waals surface area (Å²) in [4.78, 5) is 10.6. The maximum absolute atomic E-state index is 10.9. The van der Waals surface area contributed by atoms with Gasteiger partial charge >= 0.3 is 0 Å². The third kappa shape index (κ3) is 5.03. The summed E-state index contributed by atoms with van der Waals surface area (Å²) >= 11 is 0. The van der Waals surface area contributed by atoms with Gasteiger partial charge in [0.2, 0.25) is 0 Å². The van der Waals surface area contributed by atoms with Crippen LogP contribution in [0.4, 0.5) is 0 Å². The Kier molecular flexibility index (Phi) is 4.77. The van der Waals surface area contributed by atoms with Crippen LogP contribution in [0.3, 0.4) is 0 Å². The molecular weight excluding hydrogens is 180 g/mol. The van der Waals surface area contributed by atoms with Crippen molar-refractivity contribution in [2.75, 3.05) is 12.4 Å². The summed E-state index contributed by atoms with van der Waals surface area (Å²) in [7, 11) is -3.68. The number of hydrogen-bond donors (Lipinski definition) is 0. The molecule has 0 radical (unpaired) electrons. The van der Waals surface area contributed by atoms with Gasteiger partial charge < -0.3 is 0 Å². The van der Waals surface area contributed by atoms with Gasteiger partial charge in [0.1, 0.15) is 5.75 Å². The van der Waals surface area contributed by atoms with Gasteiger partial charge in [0.05, 0.1) is 6.61 Å². The second-order valence-corrected chi connectivity index (χ2v) is 3.83. The Hall–Kier alpha value is -0.680. The van der Waals surface area contributed by atoms with Gasteiger partial charge in [-0.25, -0.2) is 0 Å². The highest BCUT2D eigenvalue weighted by Crippen LogP contribution is 1.95. The Morgan fingerprint density at radius 3 is 2.58 bits per heavy atom. The number of carbonyl (C=O) groups is 1. The minimum absolute atomic E-state index is 0.118. The molecule has 4 nitrogen and oxygen atoms in total. The number of ketones is 1. The molecule has 0 aliphatic rings. The van der Waals surface area contributed by atoms with Crippen LogP contribution in [0.1, 0.15) is 13.3 Å². The van der Waals surface area contributed by atoms with Crippen LogP contribution in [0, 0.1) is 0 Å². The Morgan fingerprint density at radius 1 is 1.58 bits per heavy atom. The van der Waals surface area contributed by atoms with Crippen molar-refractivity contribution in [2.45, 2.75) is 13.3 Å². The first-order chi connectivity index (χ1) is 5.52. The summed E-state index contributed by atoms with van der Waals surface area (Å²) in [5.41, 5.74) is 0. The van der Waals surface area contributed by atoms with Crippen LogP contribution >= 0.6 is 0 Å². The Labute approximate surface area is 72.3 Å². The number of carbonyl (C=O) groups excluding carboxylic acids is 1. The van der Waals surface area contributed by atoms with Crippen LogP contribution in [0.2, 0.25) is 0 Å². The predicted molar refractivity (Wildman–Crippen MR) is 45.2 cm³/mol. The van der Waals surface area contributed by atoms with Gasteiger partial charge in [0, 0.05) is 0 Å². The van der Waals surface area contributed by atoms with Crippen molar-refractivity contribution in [1.29, 1.82) is 0 Å². The van der Waals surface area contributed by atoms with E-state index in [2.05, 4.69) is 10.8 Å². The summed E-state index contributed by atoms with van der Waals surface area (Å²) in [5.74, 6) is -1.16. The average Bonchev–Trinajstić information content (AvgIpc) is 2.00. The van der Waals surface area contributed by atoms with Crippen LogP contribution in [-0.4, -0.2) is 26.6 Å². The Balaban J connectivity index is 4.05. The molecule has 0 amide bonds. The molecule has 0 aliphatic heterocycles. The van der Waals surface area contributed by atoms with Gasteiger partial charge in [-0.05, 0) is 12.5 Å². The van der Waals surface area contributed by atoms with Crippen molar-refractivity contribution in [3.05, 3.63) is 12.7 Å². The second kappa shape index (κ2) is 5.05. The summed E-state index contributed by atoms with van der Waals surface area (Å²) in [6, 6.07) is 0. The molecule has 0 N–H and O–H groups in total. The summed E-state index contributed by atoms with van der Waals surface area (Å²) in [6.07, 6.45) is 1.56. The maximum atomic E-state index is 10.9. The third-order valence-corrected chi connectivity index (χ3v) is 2.18. The van der Waals surface area contributed by atoms with E-state index < -0.39 is 21.7 Å². The molecule has 0 heterocycles. The van der Waals surface area contributed by atoms with E-state index in [1.165, 1.54) is 0 Å². The first-order valence-electron chi connectivity index (χ1n) is 3.54. The summed E-state index contributed by atoms with van der Waals surface area (Å²) in [6.45, 7) is 5.06. The van der Waals surface area contributed by atoms with E-state index in [1.54, 1.807) is 6.92 Å². The highest BCUT2D eigenvalue weighted by Gasteiger charge is 2.14. The van der Waals surface area contributed by atoms with Gasteiger partial charge in [-0.15, -0.1) is 0 Å². The Bertz CT molecular complexity index is 253. The van der Waals surface area contributed by atoms with Crippen LogP contribution in [0.15, 0.2) is 12.7 Å². The molecule has 0 aliphatic carbocycles. The van der Waals surface area contributed by atoms with Crippen molar-refractivity contribution in [3.8, 4) is 0 Å². The van der Waals surface area contributed by atoms with Crippen molar-refractivity contribution < 1.29 is 17.4 Å². The van der Waals surface area contributed by atoms with E-state index in [4.69, 9.17) is 0 Å². The number of hydrogen-bond acceptors (Lipinski definition) is 4. The normalized spacial score (nSPS) is 11.1. The molecule has 0 unspecified atom stereocenters. The molecule has 0 fully saturated rings. The van der Waals surface area contributed by atoms with Crippen LogP contribution in [0.25, 0.3) is 0 Å². The van der Waals surface area contributed by atoms with Crippen LogP contribution in [0.5, 0.6) is 0 Å². The average molecular weight is 192 g/mol. The molecule has 5 heteroatoms. The first kappa shape index (κ1) is 11.3. The molecule has 70 valence electrons. The molecule has 0 aromatic rings. The van der Waals surface area contributed by atoms with Crippen LogP contribution in [-0.2, 0) is 19.1 Å².